The lowest BCUT2D eigenvalue weighted by molar-refractivity contribution is 1.28. The van der Waals surface area contributed by atoms with E-state index in [9.17, 15) is 0 Å². The van der Waals surface area contributed by atoms with Crippen LogP contribution in [-0.2, 0) is 0 Å². The average molecular weight is 291 g/mol. The third-order valence-corrected chi connectivity index (χ3v) is 4.36. The van der Waals surface area contributed by atoms with Gasteiger partial charge in [0.05, 0.1) is 5.52 Å². The lowest BCUT2D eigenvalue weighted by Crippen LogP contribution is -1.86. The van der Waals surface area contributed by atoms with Crippen molar-refractivity contribution in [2.45, 2.75) is 4.90 Å². The van der Waals surface area contributed by atoms with E-state index in [1.807, 2.05) is 12.1 Å². The first-order valence-electron chi connectivity index (χ1n) is 6.73. The summed E-state index contributed by atoms with van der Waals surface area (Å²) in [6, 6.07) is 16.7. The molecule has 0 atom stereocenters. The Labute approximate surface area is 126 Å². The van der Waals surface area contributed by atoms with Gasteiger partial charge in [0.15, 0.2) is 5.65 Å². The van der Waals surface area contributed by atoms with Gasteiger partial charge in [0, 0.05) is 16.7 Å². The van der Waals surface area contributed by atoms with Gasteiger partial charge in [-0.25, -0.2) is 9.97 Å². The topological polar surface area (TPSA) is 41.6 Å². The van der Waals surface area contributed by atoms with Crippen LogP contribution in [0.1, 0.15) is 0 Å². The van der Waals surface area contributed by atoms with Crippen molar-refractivity contribution in [2.75, 3.05) is 6.26 Å². The van der Waals surface area contributed by atoms with E-state index >= 15 is 0 Å². The smallest absolute Gasteiger partial charge is 0.178 e. The molecule has 0 fully saturated rings. The molecule has 3 nitrogen and oxygen atoms in total. The predicted octanol–water partition coefficient (Wildman–Crippen LogP) is 4.50. The maximum absolute atomic E-state index is 4.62. The predicted molar refractivity (Wildman–Crippen MR) is 88.6 cm³/mol. The van der Waals surface area contributed by atoms with Crippen LogP contribution in [0, 0.1) is 0 Å². The summed E-state index contributed by atoms with van der Waals surface area (Å²) in [6.07, 6.45) is 3.86. The molecule has 2 aromatic heterocycles. The van der Waals surface area contributed by atoms with Gasteiger partial charge in [0.2, 0.25) is 0 Å². The van der Waals surface area contributed by atoms with E-state index in [-0.39, 0.29) is 0 Å². The number of rotatable bonds is 2. The summed E-state index contributed by atoms with van der Waals surface area (Å²) in [5, 5.41) is 2.47. The van der Waals surface area contributed by atoms with Crippen molar-refractivity contribution in [3.63, 3.8) is 0 Å². The number of aromatic amines is 1. The molecular weight excluding hydrogens is 278 g/mol. The Morgan fingerprint density at radius 2 is 1.81 bits per heavy atom. The highest BCUT2D eigenvalue weighted by Crippen LogP contribution is 2.33. The van der Waals surface area contributed by atoms with E-state index in [1.165, 1.54) is 15.7 Å². The summed E-state index contributed by atoms with van der Waals surface area (Å²) in [7, 11) is 0. The fourth-order valence-corrected chi connectivity index (χ4v) is 3.17. The molecule has 0 spiro atoms. The standard InChI is InChI=1S/C17H13N3S/c1-21-15-10-12-6-3-2-5-11(12)9-13(15)16-19-14-7-4-8-18-17(14)20-16/h2-10H,1H3,(H,18,19,20). The Hall–Kier alpha value is -2.33. The number of hydrogen-bond donors (Lipinski definition) is 1. The van der Waals surface area contributed by atoms with Crippen molar-refractivity contribution >= 4 is 33.7 Å². The van der Waals surface area contributed by atoms with Gasteiger partial charge in [0.1, 0.15) is 5.82 Å². The summed E-state index contributed by atoms with van der Waals surface area (Å²) in [6.45, 7) is 0. The van der Waals surface area contributed by atoms with Crippen LogP contribution in [0.4, 0.5) is 0 Å². The molecule has 0 bridgehead atoms. The number of H-pyrrole nitrogens is 1. The third kappa shape index (κ3) is 2.08. The highest BCUT2D eigenvalue weighted by atomic mass is 32.2. The summed E-state index contributed by atoms with van der Waals surface area (Å²) >= 11 is 1.73. The summed E-state index contributed by atoms with van der Waals surface area (Å²) < 4.78 is 0. The Morgan fingerprint density at radius 1 is 1.00 bits per heavy atom. The largest absolute Gasteiger partial charge is 0.337 e. The first kappa shape index (κ1) is 12.4. The van der Waals surface area contributed by atoms with E-state index in [4.69, 9.17) is 0 Å². The molecule has 102 valence electrons. The van der Waals surface area contributed by atoms with E-state index in [2.05, 4.69) is 57.6 Å². The Balaban J connectivity index is 1.99. The average Bonchev–Trinajstić information content (AvgIpc) is 2.97. The first-order chi connectivity index (χ1) is 10.3. The molecule has 4 aromatic rings. The van der Waals surface area contributed by atoms with Crippen molar-refractivity contribution in [3.8, 4) is 11.4 Å². The van der Waals surface area contributed by atoms with Crippen LogP contribution in [0.15, 0.2) is 59.6 Å². The second kappa shape index (κ2) is 4.90. The molecule has 4 rings (SSSR count). The first-order valence-corrected chi connectivity index (χ1v) is 7.95. The van der Waals surface area contributed by atoms with E-state index in [0.29, 0.717) is 0 Å². The van der Waals surface area contributed by atoms with Crippen molar-refractivity contribution < 1.29 is 0 Å². The minimum Gasteiger partial charge on any atom is -0.337 e. The number of fused-ring (bicyclic) bond motifs is 2. The zero-order valence-corrected chi connectivity index (χ0v) is 12.3. The van der Waals surface area contributed by atoms with Gasteiger partial charge in [-0.1, -0.05) is 24.3 Å². The zero-order chi connectivity index (χ0) is 14.2. The number of nitrogens with zero attached hydrogens (tertiary/aromatic N) is 2. The summed E-state index contributed by atoms with van der Waals surface area (Å²) in [5.74, 6) is 0.874. The van der Waals surface area contributed by atoms with Gasteiger partial charge in [-0.15, -0.1) is 11.8 Å². The van der Waals surface area contributed by atoms with Gasteiger partial charge in [-0.2, -0.15) is 0 Å². The highest BCUT2D eigenvalue weighted by molar-refractivity contribution is 7.98. The van der Waals surface area contributed by atoms with Crippen LogP contribution in [0.5, 0.6) is 0 Å². The zero-order valence-electron chi connectivity index (χ0n) is 11.5. The maximum Gasteiger partial charge on any atom is 0.178 e. The van der Waals surface area contributed by atoms with Gasteiger partial charge >= 0.3 is 0 Å². The number of hydrogen-bond acceptors (Lipinski definition) is 3. The Bertz CT molecular complexity index is 910. The Morgan fingerprint density at radius 3 is 2.57 bits per heavy atom. The number of nitrogens with one attached hydrogen (secondary N) is 1. The normalized spacial score (nSPS) is 11.3. The molecule has 0 aliphatic carbocycles. The quantitative estimate of drug-likeness (QED) is 0.553. The molecule has 0 unspecified atom stereocenters. The second-order valence-corrected chi connectivity index (χ2v) is 5.71. The minimum atomic E-state index is 0.757. The van der Waals surface area contributed by atoms with Crippen LogP contribution in [0.25, 0.3) is 33.3 Å². The van der Waals surface area contributed by atoms with Crippen LogP contribution < -0.4 is 0 Å². The van der Waals surface area contributed by atoms with Crippen LogP contribution in [0.2, 0.25) is 0 Å². The maximum atomic E-state index is 4.62. The molecular formula is C17H13N3S. The molecule has 0 aliphatic heterocycles. The van der Waals surface area contributed by atoms with Crippen LogP contribution >= 0.6 is 11.8 Å². The fourth-order valence-electron chi connectivity index (χ4n) is 2.55. The highest BCUT2D eigenvalue weighted by Gasteiger charge is 2.11. The monoisotopic (exact) mass is 291 g/mol. The van der Waals surface area contributed by atoms with Gasteiger partial charge in [-0.3, -0.25) is 0 Å². The molecule has 21 heavy (non-hydrogen) atoms. The molecule has 2 heterocycles. The van der Waals surface area contributed by atoms with Gasteiger partial charge in [0.25, 0.3) is 0 Å². The number of thioether (sulfide) groups is 1. The second-order valence-electron chi connectivity index (χ2n) is 4.86. The SMILES string of the molecule is CSc1cc2ccccc2cc1-c1nc2ncccc2[nH]1. The van der Waals surface area contributed by atoms with Crippen LogP contribution in [-0.4, -0.2) is 21.2 Å². The third-order valence-electron chi connectivity index (χ3n) is 3.58. The summed E-state index contributed by atoms with van der Waals surface area (Å²) in [5.41, 5.74) is 2.85. The molecule has 4 heteroatoms. The molecule has 2 aromatic carbocycles. The van der Waals surface area contributed by atoms with E-state index in [1.54, 1.807) is 18.0 Å². The number of pyridine rings is 1. The van der Waals surface area contributed by atoms with E-state index < -0.39 is 0 Å². The van der Waals surface area contributed by atoms with Crippen molar-refractivity contribution in [2.24, 2.45) is 0 Å². The molecule has 0 saturated carbocycles. The van der Waals surface area contributed by atoms with Gasteiger partial charge in [-0.05, 0) is 41.3 Å². The number of aromatic nitrogens is 3. The molecule has 0 amide bonds. The lowest BCUT2D eigenvalue weighted by atomic mass is 10.1. The van der Waals surface area contributed by atoms with Crippen molar-refractivity contribution in [3.05, 3.63) is 54.7 Å². The minimum absolute atomic E-state index is 0.757. The van der Waals surface area contributed by atoms with Crippen molar-refractivity contribution in [1.82, 2.24) is 15.0 Å². The van der Waals surface area contributed by atoms with Crippen molar-refractivity contribution in [1.29, 1.82) is 0 Å². The van der Waals surface area contributed by atoms with Crippen LogP contribution in [0.3, 0.4) is 0 Å². The molecule has 0 aliphatic rings. The summed E-state index contributed by atoms with van der Waals surface area (Å²) in [4.78, 5) is 13.5. The molecule has 0 radical (unpaired) electrons. The fraction of sp³-hybridized carbons (Fsp3) is 0.0588. The van der Waals surface area contributed by atoms with Gasteiger partial charge < -0.3 is 4.98 Å². The molecule has 0 saturated heterocycles. The lowest BCUT2D eigenvalue weighted by Gasteiger charge is -2.07. The number of benzene rings is 2. The Kier molecular flexibility index (Phi) is 2.89. The molecule has 1 N–H and O–H groups in total. The number of imidazole rings is 1. The van der Waals surface area contributed by atoms with E-state index in [0.717, 1.165) is 22.6 Å².